The van der Waals surface area contributed by atoms with Crippen LogP contribution in [0.2, 0.25) is 0 Å². The third-order valence-corrected chi connectivity index (χ3v) is 6.94. The molecule has 4 rings (SSSR count). The summed E-state index contributed by atoms with van der Waals surface area (Å²) in [5, 5.41) is 0. The summed E-state index contributed by atoms with van der Waals surface area (Å²) in [5.74, 6) is -0.803. The van der Waals surface area contributed by atoms with Gasteiger partial charge in [-0.05, 0) is 79.4 Å². The van der Waals surface area contributed by atoms with E-state index in [1.54, 1.807) is 70.3 Å². The second-order valence-electron chi connectivity index (χ2n) is 11.8. The number of carbonyl (C=O) groups excluding carboxylic acids is 2. The first-order valence-corrected chi connectivity index (χ1v) is 14.3. The van der Waals surface area contributed by atoms with Crippen molar-refractivity contribution in [1.82, 2.24) is 0 Å². The Labute approximate surface area is 258 Å². The van der Waals surface area contributed by atoms with Crippen molar-refractivity contribution in [2.45, 2.75) is 51.7 Å². The van der Waals surface area contributed by atoms with E-state index in [-0.39, 0.29) is 5.56 Å². The van der Waals surface area contributed by atoms with Crippen LogP contribution in [0.3, 0.4) is 0 Å². The summed E-state index contributed by atoms with van der Waals surface area (Å²) in [7, 11) is 1.55. The fourth-order valence-corrected chi connectivity index (χ4v) is 4.54. The molecule has 4 aromatic carbocycles. The zero-order chi connectivity index (χ0) is 31.7. The van der Waals surface area contributed by atoms with E-state index in [9.17, 15) is 9.59 Å². The van der Waals surface area contributed by atoms with E-state index in [0.29, 0.717) is 16.9 Å². The highest BCUT2D eigenvalue weighted by Crippen LogP contribution is 2.38. The summed E-state index contributed by atoms with van der Waals surface area (Å²) in [6.45, 7) is 9.14. The SMILES string of the molecule is COc1ccc(C(=O)OOC(C)(C)C)c(C(C)(C)C(C=C(c2ccccc2)c2ccccc2)OOC(=O)c2ccccc2)c1. The molecule has 0 aliphatic heterocycles. The number of benzene rings is 4. The molecule has 0 spiro atoms. The highest BCUT2D eigenvalue weighted by molar-refractivity contribution is 5.92. The van der Waals surface area contributed by atoms with Gasteiger partial charge in [0, 0.05) is 5.41 Å². The Morgan fingerprint density at radius 3 is 1.68 bits per heavy atom. The molecule has 228 valence electrons. The van der Waals surface area contributed by atoms with E-state index in [4.69, 9.17) is 24.3 Å². The monoisotopic (exact) mass is 594 g/mol. The van der Waals surface area contributed by atoms with Gasteiger partial charge in [0.25, 0.3) is 0 Å². The fraction of sp³-hybridized carbons (Fsp3) is 0.243. The minimum Gasteiger partial charge on any atom is -0.497 e. The van der Waals surface area contributed by atoms with Crippen LogP contribution in [-0.4, -0.2) is 30.8 Å². The number of rotatable bonds is 11. The molecule has 0 fully saturated rings. The maximum Gasteiger partial charge on any atom is 0.373 e. The van der Waals surface area contributed by atoms with E-state index in [0.717, 1.165) is 16.7 Å². The minimum atomic E-state index is -0.990. The van der Waals surface area contributed by atoms with E-state index in [1.165, 1.54) is 0 Å². The van der Waals surface area contributed by atoms with Gasteiger partial charge in [-0.15, -0.1) is 0 Å². The molecule has 0 radical (unpaired) electrons. The van der Waals surface area contributed by atoms with Crippen LogP contribution in [-0.2, 0) is 25.0 Å². The molecule has 0 saturated heterocycles. The lowest BCUT2D eigenvalue weighted by molar-refractivity contribution is -0.301. The van der Waals surface area contributed by atoms with Crippen molar-refractivity contribution in [3.8, 4) is 5.75 Å². The Kier molecular flexibility index (Phi) is 10.4. The maximum absolute atomic E-state index is 13.4. The second kappa shape index (κ2) is 14.2. The summed E-state index contributed by atoms with van der Waals surface area (Å²) in [5.41, 5.74) is 2.14. The molecule has 44 heavy (non-hydrogen) atoms. The number of hydrogen-bond donors (Lipinski definition) is 0. The Balaban J connectivity index is 1.85. The van der Waals surface area contributed by atoms with Crippen molar-refractivity contribution < 1.29 is 33.9 Å². The van der Waals surface area contributed by atoms with Crippen molar-refractivity contribution in [2.24, 2.45) is 0 Å². The summed E-state index contributed by atoms with van der Waals surface area (Å²) >= 11 is 0. The molecule has 4 aromatic rings. The van der Waals surface area contributed by atoms with Crippen molar-refractivity contribution in [3.63, 3.8) is 0 Å². The second-order valence-corrected chi connectivity index (χ2v) is 11.8. The fourth-order valence-electron chi connectivity index (χ4n) is 4.54. The van der Waals surface area contributed by atoms with Crippen LogP contribution in [0.5, 0.6) is 5.75 Å². The van der Waals surface area contributed by atoms with E-state index >= 15 is 0 Å². The number of carbonyl (C=O) groups is 2. The molecular formula is C37H38O7. The summed E-state index contributed by atoms with van der Waals surface area (Å²) in [4.78, 5) is 48.5. The lowest BCUT2D eigenvalue weighted by atomic mass is 9.75. The molecule has 0 aromatic heterocycles. The summed E-state index contributed by atoms with van der Waals surface area (Å²) < 4.78 is 5.53. The predicted molar refractivity (Wildman–Crippen MR) is 169 cm³/mol. The quantitative estimate of drug-likeness (QED) is 0.128. The third kappa shape index (κ3) is 8.22. The Morgan fingerprint density at radius 2 is 1.18 bits per heavy atom. The Hall–Kier alpha value is -4.72. The molecule has 0 bridgehead atoms. The molecule has 7 heteroatoms. The Bertz CT molecular complexity index is 1530. The lowest BCUT2D eigenvalue weighted by Gasteiger charge is -2.33. The molecule has 0 aliphatic rings. The predicted octanol–water partition coefficient (Wildman–Crippen LogP) is 8.15. The van der Waals surface area contributed by atoms with Gasteiger partial charge in [-0.25, -0.2) is 9.59 Å². The van der Waals surface area contributed by atoms with Crippen LogP contribution in [0.25, 0.3) is 5.57 Å². The normalized spacial score (nSPS) is 12.1. The first-order valence-electron chi connectivity index (χ1n) is 14.3. The van der Waals surface area contributed by atoms with Gasteiger partial charge in [0.05, 0.1) is 18.2 Å². The molecule has 1 atom stereocenters. The zero-order valence-electron chi connectivity index (χ0n) is 25.9. The lowest BCUT2D eigenvalue weighted by Crippen LogP contribution is -2.37. The van der Waals surface area contributed by atoms with Crippen LogP contribution >= 0.6 is 0 Å². The van der Waals surface area contributed by atoms with Gasteiger partial charge in [0.2, 0.25) is 0 Å². The maximum atomic E-state index is 13.4. The number of ether oxygens (including phenoxy) is 1. The average molecular weight is 595 g/mol. The largest absolute Gasteiger partial charge is 0.497 e. The van der Waals surface area contributed by atoms with E-state index in [1.807, 2.05) is 86.7 Å². The molecule has 0 amide bonds. The molecule has 7 nitrogen and oxygen atoms in total. The molecule has 0 N–H and O–H groups in total. The van der Waals surface area contributed by atoms with Gasteiger partial charge >= 0.3 is 11.9 Å². The highest BCUT2D eigenvalue weighted by atomic mass is 17.2. The Morgan fingerprint density at radius 1 is 0.659 bits per heavy atom. The van der Waals surface area contributed by atoms with Gasteiger partial charge in [-0.1, -0.05) is 92.7 Å². The van der Waals surface area contributed by atoms with Crippen LogP contribution in [0.1, 0.15) is 72.0 Å². The molecule has 0 saturated carbocycles. The van der Waals surface area contributed by atoms with E-state index < -0.39 is 29.1 Å². The van der Waals surface area contributed by atoms with Gasteiger partial charge in [0.15, 0.2) is 0 Å². The molecule has 1 unspecified atom stereocenters. The number of methoxy groups -OCH3 is 1. The zero-order valence-corrected chi connectivity index (χ0v) is 25.9. The highest BCUT2D eigenvalue weighted by Gasteiger charge is 2.38. The van der Waals surface area contributed by atoms with Gasteiger partial charge in [0.1, 0.15) is 17.5 Å². The van der Waals surface area contributed by atoms with Crippen LogP contribution in [0.4, 0.5) is 0 Å². The van der Waals surface area contributed by atoms with Crippen LogP contribution < -0.4 is 4.74 Å². The van der Waals surface area contributed by atoms with Crippen molar-refractivity contribution >= 4 is 17.5 Å². The first-order chi connectivity index (χ1) is 21.0. The summed E-state index contributed by atoms with van der Waals surface area (Å²) in [6, 6.07) is 33.3. The van der Waals surface area contributed by atoms with Crippen molar-refractivity contribution in [3.05, 3.63) is 143 Å². The van der Waals surface area contributed by atoms with Gasteiger partial charge < -0.3 is 4.74 Å². The van der Waals surface area contributed by atoms with E-state index in [2.05, 4.69) is 0 Å². The van der Waals surface area contributed by atoms with Gasteiger partial charge in [-0.2, -0.15) is 9.78 Å². The molecular weight excluding hydrogens is 556 g/mol. The van der Waals surface area contributed by atoms with Crippen LogP contribution in [0, 0.1) is 0 Å². The number of hydrogen-bond acceptors (Lipinski definition) is 7. The minimum absolute atomic E-state index is 0.248. The first kappa shape index (κ1) is 32.2. The van der Waals surface area contributed by atoms with Crippen molar-refractivity contribution in [2.75, 3.05) is 7.11 Å². The third-order valence-electron chi connectivity index (χ3n) is 6.94. The van der Waals surface area contributed by atoms with Gasteiger partial charge in [-0.3, -0.25) is 9.78 Å². The topological polar surface area (TPSA) is 80.3 Å². The molecule has 0 aliphatic carbocycles. The average Bonchev–Trinajstić information content (AvgIpc) is 3.04. The summed E-state index contributed by atoms with van der Waals surface area (Å²) in [6.07, 6.45) is 1.01. The van der Waals surface area contributed by atoms with Crippen LogP contribution in [0.15, 0.2) is 115 Å². The van der Waals surface area contributed by atoms with Crippen molar-refractivity contribution in [1.29, 1.82) is 0 Å². The molecule has 0 heterocycles. The standard InChI is InChI=1S/C37H38O7/c1-36(2,3)44-43-35(39)30-23-22-29(40-6)24-32(30)37(4,5)33(41-42-34(38)28-20-14-9-15-21-28)25-31(26-16-10-7-11-17-26)27-18-12-8-13-19-27/h7-25,33H,1-6H3. The smallest absolute Gasteiger partial charge is 0.373 e.